The van der Waals surface area contributed by atoms with Crippen molar-refractivity contribution in [1.29, 1.82) is 0 Å². The van der Waals surface area contributed by atoms with Crippen molar-refractivity contribution in [2.75, 3.05) is 13.7 Å². The number of aromatic nitrogens is 2. The Hall–Kier alpha value is -3.09. The summed E-state index contributed by atoms with van der Waals surface area (Å²) in [6.07, 6.45) is 5.05. The van der Waals surface area contributed by atoms with E-state index in [0.717, 1.165) is 11.3 Å². The standard InChI is InChI=1S/C21H26N4O3/c1-13(2)18(24-21(27)28-4)20(26)25-11-5-6-17(25)19-22-12-16(23-19)15-9-7-14(3)8-10-15/h5-10,12-13,17-18H,11H2,1-4H3,(H,22,23)(H,24,27)/t17-,18-/m0/s1. The second kappa shape index (κ2) is 8.29. The fourth-order valence-corrected chi connectivity index (χ4v) is 3.23. The summed E-state index contributed by atoms with van der Waals surface area (Å²) in [5, 5.41) is 2.64. The molecule has 1 aliphatic heterocycles. The topological polar surface area (TPSA) is 87.3 Å². The summed E-state index contributed by atoms with van der Waals surface area (Å²) in [7, 11) is 1.28. The molecule has 2 N–H and O–H groups in total. The van der Waals surface area contributed by atoms with Gasteiger partial charge in [-0.15, -0.1) is 0 Å². The van der Waals surface area contributed by atoms with Crippen molar-refractivity contribution in [3.05, 3.63) is 54.0 Å². The number of hydrogen-bond donors (Lipinski definition) is 2. The maximum absolute atomic E-state index is 13.1. The van der Waals surface area contributed by atoms with Crippen LogP contribution in [0.2, 0.25) is 0 Å². The van der Waals surface area contributed by atoms with Gasteiger partial charge in [-0.2, -0.15) is 0 Å². The fraction of sp³-hybridized carbons (Fsp3) is 0.381. The second-order valence-corrected chi connectivity index (χ2v) is 7.27. The molecule has 2 amide bonds. The van der Waals surface area contributed by atoms with Gasteiger partial charge in [0.15, 0.2) is 0 Å². The van der Waals surface area contributed by atoms with Gasteiger partial charge in [-0.1, -0.05) is 55.8 Å². The smallest absolute Gasteiger partial charge is 0.407 e. The first-order valence-electron chi connectivity index (χ1n) is 9.34. The normalized spacial score (nSPS) is 17.0. The lowest BCUT2D eigenvalue weighted by molar-refractivity contribution is -0.135. The summed E-state index contributed by atoms with van der Waals surface area (Å²) < 4.78 is 4.66. The number of benzene rings is 1. The SMILES string of the molecule is COC(=O)N[C@H](C(=O)N1CC=C[C@H]1c1ncc(-c2ccc(C)cc2)[nH]1)C(C)C. The Balaban J connectivity index is 1.80. The molecule has 7 heteroatoms. The van der Waals surface area contributed by atoms with Crippen molar-refractivity contribution in [1.82, 2.24) is 20.2 Å². The number of carbonyl (C=O) groups is 2. The zero-order chi connectivity index (χ0) is 20.3. The van der Waals surface area contributed by atoms with E-state index in [1.807, 2.05) is 57.2 Å². The number of carbonyl (C=O) groups excluding carboxylic acids is 2. The third-order valence-corrected chi connectivity index (χ3v) is 4.87. The van der Waals surface area contributed by atoms with Crippen molar-refractivity contribution in [3.63, 3.8) is 0 Å². The number of imidazole rings is 1. The van der Waals surface area contributed by atoms with Gasteiger partial charge in [-0.3, -0.25) is 4.79 Å². The van der Waals surface area contributed by atoms with E-state index >= 15 is 0 Å². The quantitative estimate of drug-likeness (QED) is 0.778. The Kier molecular flexibility index (Phi) is 5.82. The Labute approximate surface area is 164 Å². The number of H-pyrrole nitrogens is 1. The summed E-state index contributed by atoms with van der Waals surface area (Å²) in [6.45, 7) is 6.29. The summed E-state index contributed by atoms with van der Waals surface area (Å²) in [4.78, 5) is 34.3. The number of hydrogen-bond acceptors (Lipinski definition) is 4. The minimum atomic E-state index is -0.665. The summed E-state index contributed by atoms with van der Waals surface area (Å²) in [6, 6.07) is 7.21. The van der Waals surface area contributed by atoms with Gasteiger partial charge in [-0.25, -0.2) is 9.78 Å². The molecule has 0 unspecified atom stereocenters. The summed E-state index contributed by atoms with van der Waals surface area (Å²) in [5.74, 6) is 0.453. The monoisotopic (exact) mass is 382 g/mol. The molecule has 0 radical (unpaired) electrons. The van der Waals surface area contributed by atoms with Gasteiger partial charge in [0.05, 0.1) is 19.0 Å². The number of amides is 2. The number of nitrogens with zero attached hydrogens (tertiary/aromatic N) is 2. The van der Waals surface area contributed by atoms with Gasteiger partial charge in [-0.05, 0) is 18.4 Å². The van der Waals surface area contributed by atoms with Crippen LogP contribution in [-0.2, 0) is 9.53 Å². The molecule has 2 heterocycles. The van der Waals surface area contributed by atoms with Crippen molar-refractivity contribution in [2.24, 2.45) is 5.92 Å². The molecular formula is C21H26N4O3. The van der Waals surface area contributed by atoms with Crippen LogP contribution in [0.4, 0.5) is 4.79 Å². The van der Waals surface area contributed by atoms with E-state index in [-0.39, 0.29) is 17.9 Å². The van der Waals surface area contributed by atoms with Crippen LogP contribution in [0.3, 0.4) is 0 Å². The first kappa shape index (κ1) is 19.7. The lowest BCUT2D eigenvalue weighted by Crippen LogP contribution is -2.51. The van der Waals surface area contributed by atoms with Gasteiger partial charge in [0.25, 0.3) is 0 Å². The number of ether oxygens (including phenoxy) is 1. The highest BCUT2D eigenvalue weighted by Crippen LogP contribution is 2.28. The van der Waals surface area contributed by atoms with Gasteiger partial charge in [0.1, 0.15) is 17.9 Å². The van der Waals surface area contributed by atoms with Crippen LogP contribution in [0.15, 0.2) is 42.6 Å². The van der Waals surface area contributed by atoms with E-state index in [0.29, 0.717) is 12.4 Å². The third-order valence-electron chi connectivity index (χ3n) is 4.87. The van der Waals surface area contributed by atoms with Crippen molar-refractivity contribution >= 4 is 12.0 Å². The van der Waals surface area contributed by atoms with Crippen LogP contribution in [0.5, 0.6) is 0 Å². The zero-order valence-corrected chi connectivity index (χ0v) is 16.6. The molecule has 7 nitrogen and oxygen atoms in total. The number of rotatable bonds is 5. The minimum Gasteiger partial charge on any atom is -0.453 e. The molecule has 28 heavy (non-hydrogen) atoms. The van der Waals surface area contributed by atoms with Crippen molar-refractivity contribution in [3.8, 4) is 11.3 Å². The lowest BCUT2D eigenvalue weighted by Gasteiger charge is -2.29. The fourth-order valence-electron chi connectivity index (χ4n) is 3.23. The van der Waals surface area contributed by atoms with Gasteiger partial charge in [0, 0.05) is 6.54 Å². The van der Waals surface area contributed by atoms with Crippen LogP contribution in [-0.4, -0.2) is 46.6 Å². The average molecular weight is 382 g/mol. The number of aryl methyl sites for hydroxylation is 1. The zero-order valence-electron chi connectivity index (χ0n) is 16.6. The van der Waals surface area contributed by atoms with Crippen LogP contribution in [0.1, 0.15) is 31.3 Å². The number of alkyl carbamates (subject to hydrolysis) is 1. The molecule has 1 aliphatic rings. The summed E-state index contributed by atoms with van der Waals surface area (Å²) in [5.41, 5.74) is 3.13. The Morgan fingerprint density at radius 1 is 1.29 bits per heavy atom. The first-order chi connectivity index (χ1) is 13.4. The predicted molar refractivity (Wildman–Crippen MR) is 107 cm³/mol. The molecular weight excluding hydrogens is 356 g/mol. The van der Waals surface area contributed by atoms with E-state index in [4.69, 9.17) is 0 Å². The molecule has 1 aromatic carbocycles. The van der Waals surface area contributed by atoms with E-state index in [9.17, 15) is 9.59 Å². The largest absolute Gasteiger partial charge is 0.453 e. The highest BCUT2D eigenvalue weighted by molar-refractivity contribution is 5.86. The Bertz CT molecular complexity index is 870. The number of aromatic amines is 1. The second-order valence-electron chi connectivity index (χ2n) is 7.27. The van der Waals surface area contributed by atoms with Gasteiger partial charge in [0.2, 0.25) is 5.91 Å². The lowest BCUT2D eigenvalue weighted by atomic mass is 10.0. The molecule has 0 spiro atoms. The van der Waals surface area contributed by atoms with E-state index in [2.05, 4.69) is 20.0 Å². The molecule has 1 aromatic heterocycles. The van der Waals surface area contributed by atoms with Crippen LogP contribution >= 0.6 is 0 Å². The Morgan fingerprint density at radius 3 is 2.64 bits per heavy atom. The molecule has 2 atom stereocenters. The summed E-state index contributed by atoms with van der Waals surface area (Å²) >= 11 is 0. The molecule has 0 saturated carbocycles. The third kappa shape index (κ3) is 4.08. The van der Waals surface area contributed by atoms with Crippen LogP contribution < -0.4 is 5.32 Å². The van der Waals surface area contributed by atoms with Crippen LogP contribution in [0.25, 0.3) is 11.3 Å². The van der Waals surface area contributed by atoms with Crippen molar-refractivity contribution < 1.29 is 14.3 Å². The highest BCUT2D eigenvalue weighted by Gasteiger charge is 2.35. The van der Waals surface area contributed by atoms with Crippen LogP contribution in [0, 0.1) is 12.8 Å². The first-order valence-corrected chi connectivity index (χ1v) is 9.34. The molecule has 148 valence electrons. The van der Waals surface area contributed by atoms with Crippen molar-refractivity contribution in [2.45, 2.75) is 32.9 Å². The predicted octanol–water partition coefficient (Wildman–Crippen LogP) is 3.21. The molecule has 2 aromatic rings. The van der Waals surface area contributed by atoms with E-state index in [1.165, 1.54) is 12.7 Å². The average Bonchev–Trinajstić information content (AvgIpc) is 3.34. The maximum atomic E-state index is 13.1. The molecule has 0 fully saturated rings. The number of methoxy groups -OCH3 is 1. The van der Waals surface area contributed by atoms with E-state index < -0.39 is 12.1 Å². The number of nitrogens with one attached hydrogen (secondary N) is 2. The molecule has 0 saturated heterocycles. The molecule has 3 rings (SSSR count). The Morgan fingerprint density at radius 2 is 2.00 bits per heavy atom. The minimum absolute atomic E-state index is 0.0763. The molecule has 0 aliphatic carbocycles. The molecule has 0 bridgehead atoms. The van der Waals surface area contributed by atoms with E-state index in [1.54, 1.807) is 11.1 Å². The van der Waals surface area contributed by atoms with Gasteiger partial charge < -0.3 is 19.9 Å². The maximum Gasteiger partial charge on any atom is 0.407 e. The highest BCUT2D eigenvalue weighted by atomic mass is 16.5. The van der Waals surface area contributed by atoms with Gasteiger partial charge >= 0.3 is 6.09 Å².